The summed E-state index contributed by atoms with van der Waals surface area (Å²) >= 11 is 0. The van der Waals surface area contributed by atoms with Crippen LogP contribution in [-0.2, 0) is 4.79 Å². The van der Waals surface area contributed by atoms with Gasteiger partial charge in [-0.2, -0.15) is 0 Å². The number of aliphatic imine (C=N–C) groups is 1. The standard InChI is InChI=1S/C11H11N3O4/c1-6-5-9(15)13-10-7(12-6)3-4-8(18-2)11(10)14(16)17/h3-4H,5H2,1-2H3,(H,13,15). The van der Waals surface area contributed by atoms with Crippen LogP contribution in [0.4, 0.5) is 17.1 Å². The normalized spacial score (nSPS) is 14.1. The van der Waals surface area contributed by atoms with Gasteiger partial charge in [0.05, 0.1) is 24.1 Å². The fraction of sp³-hybridized carbons (Fsp3) is 0.273. The lowest BCUT2D eigenvalue weighted by Gasteiger charge is -2.08. The Morgan fingerprint density at radius 1 is 1.50 bits per heavy atom. The van der Waals surface area contributed by atoms with Gasteiger partial charge in [0.15, 0.2) is 5.75 Å². The van der Waals surface area contributed by atoms with Crippen LogP contribution >= 0.6 is 0 Å². The first-order valence-electron chi connectivity index (χ1n) is 5.22. The Morgan fingerprint density at radius 2 is 2.22 bits per heavy atom. The highest BCUT2D eigenvalue weighted by molar-refractivity contribution is 6.11. The number of nitro groups is 1. The zero-order valence-electron chi connectivity index (χ0n) is 9.89. The number of benzene rings is 1. The van der Waals surface area contributed by atoms with E-state index in [1.165, 1.54) is 13.2 Å². The summed E-state index contributed by atoms with van der Waals surface area (Å²) < 4.78 is 4.93. The number of ether oxygens (including phenoxy) is 1. The van der Waals surface area contributed by atoms with Crippen molar-refractivity contribution in [3.8, 4) is 5.75 Å². The van der Waals surface area contributed by atoms with Crippen molar-refractivity contribution in [2.75, 3.05) is 12.4 Å². The molecule has 94 valence electrons. The average Bonchev–Trinajstić information content (AvgIpc) is 2.43. The number of nitrogens with zero attached hydrogens (tertiary/aromatic N) is 2. The third-order valence-electron chi connectivity index (χ3n) is 2.51. The van der Waals surface area contributed by atoms with Gasteiger partial charge < -0.3 is 10.1 Å². The highest BCUT2D eigenvalue weighted by Crippen LogP contribution is 2.42. The minimum Gasteiger partial charge on any atom is -0.490 e. The van der Waals surface area contributed by atoms with E-state index in [4.69, 9.17) is 4.74 Å². The van der Waals surface area contributed by atoms with Crippen LogP contribution in [-0.4, -0.2) is 23.7 Å². The van der Waals surface area contributed by atoms with Gasteiger partial charge in [-0.05, 0) is 19.1 Å². The highest BCUT2D eigenvalue weighted by Gasteiger charge is 2.27. The van der Waals surface area contributed by atoms with Crippen molar-refractivity contribution in [2.45, 2.75) is 13.3 Å². The van der Waals surface area contributed by atoms with E-state index in [-0.39, 0.29) is 29.5 Å². The van der Waals surface area contributed by atoms with Crippen molar-refractivity contribution in [2.24, 2.45) is 4.99 Å². The summed E-state index contributed by atoms with van der Waals surface area (Å²) in [7, 11) is 1.34. The summed E-state index contributed by atoms with van der Waals surface area (Å²) in [5, 5.41) is 13.6. The second kappa shape index (κ2) is 4.44. The number of carbonyl (C=O) groups excluding carboxylic acids is 1. The molecule has 0 bridgehead atoms. The molecule has 2 rings (SSSR count). The smallest absolute Gasteiger partial charge is 0.336 e. The zero-order chi connectivity index (χ0) is 13.3. The van der Waals surface area contributed by atoms with Crippen molar-refractivity contribution in [1.82, 2.24) is 0 Å². The van der Waals surface area contributed by atoms with Crippen molar-refractivity contribution in [1.29, 1.82) is 0 Å². The Morgan fingerprint density at radius 3 is 2.83 bits per heavy atom. The minimum absolute atomic E-state index is 0.0844. The molecule has 1 aliphatic rings. The molecule has 0 radical (unpaired) electrons. The number of nitrogens with one attached hydrogen (secondary N) is 1. The second-order valence-corrected chi connectivity index (χ2v) is 3.84. The molecule has 1 heterocycles. The molecule has 7 nitrogen and oxygen atoms in total. The van der Waals surface area contributed by atoms with Gasteiger partial charge in [0.2, 0.25) is 5.91 Å². The van der Waals surface area contributed by atoms with Crippen molar-refractivity contribution < 1.29 is 14.5 Å². The third-order valence-corrected chi connectivity index (χ3v) is 2.51. The van der Waals surface area contributed by atoms with E-state index in [0.717, 1.165) is 0 Å². The van der Waals surface area contributed by atoms with E-state index < -0.39 is 4.92 Å². The van der Waals surface area contributed by atoms with E-state index in [2.05, 4.69) is 10.3 Å². The van der Waals surface area contributed by atoms with Gasteiger partial charge >= 0.3 is 5.69 Å². The molecule has 7 heteroatoms. The molecule has 0 saturated heterocycles. The molecule has 0 aliphatic carbocycles. The lowest BCUT2D eigenvalue weighted by Crippen LogP contribution is -2.13. The topological polar surface area (TPSA) is 93.8 Å². The van der Waals surface area contributed by atoms with Crippen molar-refractivity contribution in [3.63, 3.8) is 0 Å². The monoisotopic (exact) mass is 249 g/mol. The highest BCUT2D eigenvalue weighted by atomic mass is 16.6. The number of methoxy groups -OCH3 is 1. The Balaban J connectivity index is 2.70. The van der Waals surface area contributed by atoms with E-state index in [9.17, 15) is 14.9 Å². The Kier molecular flexibility index (Phi) is 2.97. The first-order chi connectivity index (χ1) is 8.52. The van der Waals surface area contributed by atoms with Gasteiger partial charge in [0, 0.05) is 5.71 Å². The molecule has 1 aliphatic heterocycles. The second-order valence-electron chi connectivity index (χ2n) is 3.84. The summed E-state index contributed by atoms with van der Waals surface area (Å²) in [6.07, 6.45) is 0.119. The van der Waals surface area contributed by atoms with Crippen LogP contribution < -0.4 is 10.1 Å². The van der Waals surface area contributed by atoms with Gasteiger partial charge in [0.25, 0.3) is 0 Å². The number of hydrogen-bond acceptors (Lipinski definition) is 5. The largest absolute Gasteiger partial charge is 0.490 e. The molecule has 0 spiro atoms. The van der Waals surface area contributed by atoms with Crippen LogP contribution in [0.2, 0.25) is 0 Å². The number of amides is 1. The van der Waals surface area contributed by atoms with Crippen LogP contribution in [0.3, 0.4) is 0 Å². The van der Waals surface area contributed by atoms with Gasteiger partial charge in [-0.3, -0.25) is 19.9 Å². The van der Waals surface area contributed by atoms with Crippen LogP contribution in [0.1, 0.15) is 13.3 Å². The van der Waals surface area contributed by atoms with Crippen LogP contribution in [0.5, 0.6) is 5.75 Å². The van der Waals surface area contributed by atoms with Crippen molar-refractivity contribution in [3.05, 3.63) is 22.2 Å². The minimum atomic E-state index is -0.589. The molecule has 1 aromatic carbocycles. The lowest BCUT2D eigenvalue weighted by molar-refractivity contribution is -0.384. The van der Waals surface area contributed by atoms with E-state index in [0.29, 0.717) is 11.4 Å². The van der Waals surface area contributed by atoms with Gasteiger partial charge in [-0.1, -0.05) is 0 Å². The van der Waals surface area contributed by atoms with Gasteiger partial charge in [-0.25, -0.2) is 0 Å². The Hall–Kier alpha value is -2.44. The van der Waals surface area contributed by atoms with E-state index in [1.54, 1.807) is 13.0 Å². The summed E-state index contributed by atoms with van der Waals surface area (Å²) in [5.74, 6) is -0.236. The first-order valence-corrected chi connectivity index (χ1v) is 5.22. The number of fused-ring (bicyclic) bond motifs is 1. The van der Waals surface area contributed by atoms with Gasteiger partial charge in [-0.15, -0.1) is 0 Å². The summed E-state index contributed by atoms with van der Waals surface area (Å²) in [6, 6.07) is 3.04. The molecule has 0 atom stereocenters. The molecule has 1 aromatic rings. The summed E-state index contributed by atoms with van der Waals surface area (Å²) in [5.41, 5.74) is 0.777. The molecule has 0 saturated carbocycles. The maximum absolute atomic E-state index is 11.6. The quantitative estimate of drug-likeness (QED) is 0.641. The Bertz CT molecular complexity index is 566. The fourth-order valence-corrected chi connectivity index (χ4v) is 1.78. The summed E-state index contributed by atoms with van der Waals surface area (Å²) in [4.78, 5) is 26.2. The predicted molar refractivity (Wildman–Crippen MR) is 65.7 cm³/mol. The predicted octanol–water partition coefficient (Wildman–Crippen LogP) is 2.04. The first kappa shape index (κ1) is 12.0. The van der Waals surface area contributed by atoms with E-state index in [1.807, 2.05) is 0 Å². The van der Waals surface area contributed by atoms with Crippen LogP contribution in [0.25, 0.3) is 0 Å². The molecule has 18 heavy (non-hydrogen) atoms. The number of nitro benzene ring substituents is 1. The summed E-state index contributed by atoms with van der Waals surface area (Å²) in [6.45, 7) is 1.70. The van der Waals surface area contributed by atoms with Gasteiger partial charge in [0.1, 0.15) is 5.69 Å². The molecular weight excluding hydrogens is 238 g/mol. The maximum Gasteiger partial charge on any atom is 0.336 e. The number of anilines is 1. The average molecular weight is 249 g/mol. The van der Waals surface area contributed by atoms with Crippen molar-refractivity contribution >= 4 is 28.7 Å². The molecule has 0 unspecified atom stereocenters. The fourth-order valence-electron chi connectivity index (χ4n) is 1.78. The SMILES string of the molecule is COc1ccc2c(c1[N+](=O)[O-])NC(=O)CC(C)=N2. The van der Waals surface area contributed by atoms with E-state index >= 15 is 0 Å². The number of carbonyl (C=O) groups is 1. The third kappa shape index (κ3) is 2.02. The van der Waals surface area contributed by atoms with Crippen LogP contribution in [0, 0.1) is 10.1 Å². The number of rotatable bonds is 2. The molecular formula is C11H11N3O4. The molecule has 1 N–H and O–H groups in total. The molecule has 0 fully saturated rings. The lowest BCUT2D eigenvalue weighted by atomic mass is 10.2. The maximum atomic E-state index is 11.6. The molecule has 0 aromatic heterocycles. The van der Waals surface area contributed by atoms with Crippen LogP contribution in [0.15, 0.2) is 17.1 Å². The molecule has 1 amide bonds. The Labute approximate surface area is 103 Å². The zero-order valence-corrected chi connectivity index (χ0v) is 9.89. The number of hydrogen-bond donors (Lipinski definition) is 1.